The molecule has 0 fully saturated rings. The number of aromatic nitrogens is 1. The molecule has 1 aromatic carbocycles. The first-order chi connectivity index (χ1) is 10.0. The first kappa shape index (κ1) is 15.1. The van der Waals surface area contributed by atoms with E-state index in [1.807, 2.05) is 0 Å². The number of benzene rings is 1. The number of ether oxygens (including phenoxy) is 1. The van der Waals surface area contributed by atoms with Crippen molar-refractivity contribution in [3.8, 4) is 5.88 Å². The molecule has 0 atom stereocenters. The van der Waals surface area contributed by atoms with Crippen LogP contribution in [0, 0.1) is 11.6 Å². The third-order valence-corrected chi connectivity index (χ3v) is 3.06. The molecular formula is C14H13F2N3OS. The van der Waals surface area contributed by atoms with Crippen LogP contribution >= 0.6 is 12.2 Å². The Balaban J connectivity index is 2.12. The van der Waals surface area contributed by atoms with Gasteiger partial charge in [0.05, 0.1) is 12.8 Å². The van der Waals surface area contributed by atoms with E-state index in [0.717, 1.165) is 5.56 Å². The Kier molecular flexibility index (Phi) is 4.64. The highest BCUT2D eigenvalue weighted by molar-refractivity contribution is 7.80. The van der Waals surface area contributed by atoms with Gasteiger partial charge in [-0.15, -0.1) is 0 Å². The van der Waals surface area contributed by atoms with Crippen molar-refractivity contribution < 1.29 is 13.5 Å². The predicted octanol–water partition coefficient (Wildman–Crippen LogP) is 2.61. The lowest BCUT2D eigenvalue weighted by molar-refractivity contribution is 0.397. The van der Waals surface area contributed by atoms with E-state index in [0.29, 0.717) is 12.4 Å². The normalized spacial score (nSPS) is 10.2. The second-order valence-corrected chi connectivity index (χ2v) is 4.66. The Morgan fingerprint density at radius 1 is 1.29 bits per heavy atom. The molecule has 7 heteroatoms. The van der Waals surface area contributed by atoms with Crippen LogP contribution in [0.2, 0.25) is 0 Å². The van der Waals surface area contributed by atoms with Gasteiger partial charge in [0, 0.05) is 24.4 Å². The van der Waals surface area contributed by atoms with Crippen molar-refractivity contribution in [2.45, 2.75) is 6.54 Å². The fourth-order valence-electron chi connectivity index (χ4n) is 1.71. The Labute approximate surface area is 125 Å². The third-order valence-electron chi connectivity index (χ3n) is 2.84. The minimum absolute atomic E-state index is 0.0309. The molecule has 4 nitrogen and oxygen atoms in total. The van der Waals surface area contributed by atoms with Gasteiger partial charge in [0.1, 0.15) is 4.99 Å². The summed E-state index contributed by atoms with van der Waals surface area (Å²) in [6.45, 7) is 0.291. The van der Waals surface area contributed by atoms with Crippen LogP contribution in [0.3, 0.4) is 0 Å². The zero-order valence-corrected chi connectivity index (χ0v) is 12.0. The summed E-state index contributed by atoms with van der Waals surface area (Å²) in [5, 5.41) is 2.79. The van der Waals surface area contributed by atoms with Crippen LogP contribution in [-0.2, 0) is 6.54 Å². The number of nitrogens with zero attached hydrogens (tertiary/aromatic N) is 1. The predicted molar refractivity (Wildman–Crippen MR) is 80.4 cm³/mol. The molecule has 0 saturated carbocycles. The molecule has 0 unspecified atom stereocenters. The molecule has 2 aromatic rings. The Morgan fingerprint density at radius 3 is 2.62 bits per heavy atom. The molecular weight excluding hydrogens is 296 g/mol. The Morgan fingerprint density at radius 2 is 2.05 bits per heavy atom. The SMILES string of the molecule is COc1ccc(CNc2ccc(C(N)=S)c(F)c2F)cn1. The second kappa shape index (κ2) is 6.45. The van der Waals surface area contributed by atoms with Crippen LogP contribution < -0.4 is 15.8 Å². The van der Waals surface area contributed by atoms with Gasteiger partial charge in [-0.2, -0.15) is 0 Å². The zero-order valence-electron chi connectivity index (χ0n) is 11.2. The van der Waals surface area contributed by atoms with Gasteiger partial charge >= 0.3 is 0 Å². The number of anilines is 1. The lowest BCUT2D eigenvalue weighted by Gasteiger charge is -2.10. The van der Waals surface area contributed by atoms with Crippen LogP contribution in [0.5, 0.6) is 5.88 Å². The molecule has 3 N–H and O–H groups in total. The summed E-state index contributed by atoms with van der Waals surface area (Å²) in [5.41, 5.74) is 6.03. The molecule has 1 heterocycles. The fraction of sp³-hybridized carbons (Fsp3) is 0.143. The standard InChI is InChI=1S/C14H13F2N3OS/c1-20-11-5-2-8(7-19-11)6-18-10-4-3-9(14(17)21)12(15)13(10)16/h2-5,7,18H,6H2,1H3,(H2,17,21). The average molecular weight is 309 g/mol. The number of hydrogen-bond donors (Lipinski definition) is 2. The van der Waals surface area contributed by atoms with E-state index in [2.05, 4.69) is 22.5 Å². The molecule has 0 aliphatic carbocycles. The summed E-state index contributed by atoms with van der Waals surface area (Å²) in [6, 6.07) is 6.19. The van der Waals surface area contributed by atoms with Gasteiger partial charge in [-0.3, -0.25) is 0 Å². The van der Waals surface area contributed by atoms with Crippen molar-refractivity contribution in [3.63, 3.8) is 0 Å². The smallest absolute Gasteiger partial charge is 0.212 e. The number of hydrogen-bond acceptors (Lipinski definition) is 4. The number of nitrogens with two attached hydrogens (primary N) is 1. The summed E-state index contributed by atoms with van der Waals surface area (Å²) in [4.78, 5) is 3.84. The van der Waals surface area contributed by atoms with Crippen molar-refractivity contribution in [2.24, 2.45) is 5.73 Å². The van der Waals surface area contributed by atoms with Crippen molar-refractivity contribution in [1.82, 2.24) is 4.98 Å². The first-order valence-electron chi connectivity index (χ1n) is 6.03. The first-order valence-corrected chi connectivity index (χ1v) is 6.44. The number of methoxy groups -OCH3 is 1. The average Bonchev–Trinajstić information content (AvgIpc) is 2.49. The molecule has 2 rings (SSSR count). The zero-order chi connectivity index (χ0) is 15.4. The molecule has 21 heavy (non-hydrogen) atoms. The van der Waals surface area contributed by atoms with Gasteiger partial charge < -0.3 is 15.8 Å². The molecule has 0 aliphatic heterocycles. The molecule has 0 radical (unpaired) electrons. The van der Waals surface area contributed by atoms with E-state index in [9.17, 15) is 8.78 Å². The van der Waals surface area contributed by atoms with E-state index >= 15 is 0 Å². The van der Waals surface area contributed by atoms with E-state index < -0.39 is 11.6 Å². The largest absolute Gasteiger partial charge is 0.481 e. The summed E-state index contributed by atoms with van der Waals surface area (Å²) in [5.74, 6) is -1.58. The van der Waals surface area contributed by atoms with E-state index in [1.54, 1.807) is 18.3 Å². The molecule has 1 aromatic heterocycles. The second-order valence-electron chi connectivity index (χ2n) is 4.22. The Bertz CT molecular complexity index is 662. The molecule has 110 valence electrons. The monoisotopic (exact) mass is 309 g/mol. The number of rotatable bonds is 5. The van der Waals surface area contributed by atoms with Gasteiger partial charge in [-0.1, -0.05) is 18.3 Å². The summed E-state index contributed by atoms with van der Waals surface area (Å²) < 4.78 is 32.5. The van der Waals surface area contributed by atoms with E-state index in [4.69, 9.17) is 10.5 Å². The van der Waals surface area contributed by atoms with Crippen molar-refractivity contribution in [1.29, 1.82) is 0 Å². The number of halogens is 2. The van der Waals surface area contributed by atoms with Gasteiger partial charge in [0.15, 0.2) is 11.6 Å². The third kappa shape index (κ3) is 3.43. The van der Waals surface area contributed by atoms with Crippen LogP contribution in [0.25, 0.3) is 0 Å². The van der Waals surface area contributed by atoms with Crippen LogP contribution in [0.1, 0.15) is 11.1 Å². The van der Waals surface area contributed by atoms with Crippen molar-refractivity contribution in [3.05, 3.63) is 53.2 Å². The minimum Gasteiger partial charge on any atom is -0.481 e. The van der Waals surface area contributed by atoms with Gasteiger partial charge in [-0.05, 0) is 17.7 Å². The quantitative estimate of drug-likeness (QED) is 0.832. The number of pyridine rings is 1. The van der Waals surface area contributed by atoms with Crippen molar-refractivity contribution >= 4 is 22.9 Å². The Hall–Kier alpha value is -2.28. The topological polar surface area (TPSA) is 60.2 Å². The lowest BCUT2D eigenvalue weighted by Crippen LogP contribution is -2.14. The highest BCUT2D eigenvalue weighted by Crippen LogP contribution is 2.21. The minimum atomic E-state index is -1.06. The van der Waals surface area contributed by atoms with E-state index in [1.165, 1.54) is 19.2 Å². The maximum absolute atomic E-state index is 13.9. The molecule has 0 spiro atoms. The van der Waals surface area contributed by atoms with Gasteiger partial charge in [0.2, 0.25) is 5.88 Å². The highest BCUT2D eigenvalue weighted by Gasteiger charge is 2.14. The maximum atomic E-state index is 13.9. The maximum Gasteiger partial charge on any atom is 0.212 e. The van der Waals surface area contributed by atoms with Crippen LogP contribution in [-0.4, -0.2) is 17.1 Å². The van der Waals surface area contributed by atoms with Crippen molar-refractivity contribution in [2.75, 3.05) is 12.4 Å². The van der Waals surface area contributed by atoms with E-state index in [-0.39, 0.29) is 16.2 Å². The highest BCUT2D eigenvalue weighted by atomic mass is 32.1. The summed E-state index contributed by atoms with van der Waals surface area (Å²) in [7, 11) is 1.52. The van der Waals surface area contributed by atoms with Gasteiger partial charge in [-0.25, -0.2) is 13.8 Å². The molecule has 0 amide bonds. The summed E-state index contributed by atoms with van der Waals surface area (Å²) in [6.07, 6.45) is 1.59. The van der Waals surface area contributed by atoms with Gasteiger partial charge in [0.25, 0.3) is 0 Å². The molecule has 0 aliphatic rings. The number of thiocarbonyl (C=S) groups is 1. The summed E-state index contributed by atoms with van der Waals surface area (Å²) >= 11 is 4.65. The number of nitrogens with one attached hydrogen (secondary N) is 1. The molecule has 0 bridgehead atoms. The lowest BCUT2D eigenvalue weighted by atomic mass is 10.1. The van der Waals surface area contributed by atoms with Crippen LogP contribution in [0.4, 0.5) is 14.5 Å². The van der Waals surface area contributed by atoms with Crippen LogP contribution in [0.15, 0.2) is 30.5 Å². The molecule has 0 saturated heterocycles. The fourth-order valence-corrected chi connectivity index (χ4v) is 1.87.